The van der Waals surface area contributed by atoms with Gasteiger partial charge in [0.1, 0.15) is 0 Å². The van der Waals surface area contributed by atoms with Gasteiger partial charge in [0, 0.05) is 11.0 Å². The summed E-state index contributed by atoms with van der Waals surface area (Å²) in [6.45, 7) is 5.32. The minimum Gasteiger partial charge on any atom is -0.463 e. The molecule has 4 amide bonds. The molecule has 3 fully saturated rings. The van der Waals surface area contributed by atoms with Gasteiger partial charge in [-0.25, -0.2) is 4.79 Å². The highest BCUT2D eigenvalue weighted by atomic mass is 79.9. The summed E-state index contributed by atoms with van der Waals surface area (Å²) in [5.74, 6) is -6.29. The predicted molar refractivity (Wildman–Crippen MR) is 147 cm³/mol. The fraction of sp³-hybridized carbons (Fsp3) is 0.387. The van der Waals surface area contributed by atoms with Crippen molar-refractivity contribution in [1.82, 2.24) is 9.80 Å². The van der Waals surface area contributed by atoms with Crippen molar-refractivity contribution < 1.29 is 28.7 Å². The zero-order valence-electron chi connectivity index (χ0n) is 22.4. The highest BCUT2D eigenvalue weighted by Gasteiger charge is 2.81. The first-order valence-corrected chi connectivity index (χ1v) is 14.2. The number of esters is 1. The van der Waals surface area contributed by atoms with Crippen LogP contribution >= 0.6 is 15.9 Å². The van der Waals surface area contributed by atoms with E-state index in [0.717, 1.165) is 11.1 Å². The molecule has 0 N–H and O–H groups in total. The topological polar surface area (TPSA) is 101 Å². The maximum Gasteiger partial charge on any atom is 0.334 e. The molecular formula is C31H29BrN2O6. The number of hydrogen-bond donors (Lipinski definition) is 0. The van der Waals surface area contributed by atoms with Gasteiger partial charge in [-0.15, -0.1) is 0 Å². The Morgan fingerprint density at radius 2 is 1.18 bits per heavy atom. The average Bonchev–Trinajstić information content (AvgIpc) is 3.35. The zero-order valence-corrected chi connectivity index (χ0v) is 24.0. The van der Waals surface area contributed by atoms with E-state index in [1.807, 2.05) is 60.7 Å². The first kappa shape index (κ1) is 26.6. The Hall–Kier alpha value is -3.59. The highest BCUT2D eigenvalue weighted by Crippen LogP contribution is 2.72. The average molecular weight is 605 g/mol. The number of amides is 4. The third-order valence-corrected chi connectivity index (χ3v) is 10.9. The lowest BCUT2D eigenvalue weighted by molar-refractivity contribution is -0.152. The Labute approximate surface area is 240 Å². The maximum atomic E-state index is 14.2. The molecule has 7 rings (SSSR count). The number of likely N-dealkylation sites (tertiary alicyclic amines) is 2. The second-order valence-corrected chi connectivity index (χ2v) is 12.5. The molecule has 8 nitrogen and oxygen atoms in total. The molecule has 6 atom stereocenters. The molecule has 0 aromatic heterocycles. The minimum atomic E-state index is -1.42. The largest absolute Gasteiger partial charge is 0.463 e. The van der Waals surface area contributed by atoms with E-state index in [9.17, 15) is 24.0 Å². The second-order valence-electron chi connectivity index (χ2n) is 11.2. The van der Waals surface area contributed by atoms with E-state index in [4.69, 9.17) is 4.74 Å². The first-order chi connectivity index (χ1) is 19.1. The molecule has 40 heavy (non-hydrogen) atoms. The van der Waals surface area contributed by atoms with Gasteiger partial charge in [0.25, 0.3) is 0 Å². The molecule has 2 aromatic rings. The Morgan fingerprint density at radius 1 is 0.775 bits per heavy atom. The monoisotopic (exact) mass is 604 g/mol. The lowest BCUT2D eigenvalue weighted by Gasteiger charge is -2.59. The zero-order chi connectivity index (χ0) is 28.6. The molecule has 2 heterocycles. The molecule has 2 saturated heterocycles. The van der Waals surface area contributed by atoms with E-state index in [1.54, 1.807) is 20.8 Å². The van der Waals surface area contributed by atoms with Crippen molar-refractivity contribution in [3.05, 3.63) is 82.9 Å². The fourth-order valence-electron chi connectivity index (χ4n) is 7.69. The van der Waals surface area contributed by atoms with Gasteiger partial charge in [0.15, 0.2) is 0 Å². The summed E-state index contributed by atoms with van der Waals surface area (Å²) in [7, 11) is 0. The summed E-state index contributed by atoms with van der Waals surface area (Å²) in [6, 6.07) is 18.4. The molecule has 3 aliphatic carbocycles. The maximum absolute atomic E-state index is 14.2. The van der Waals surface area contributed by atoms with Crippen LogP contribution in [0.25, 0.3) is 0 Å². The number of benzene rings is 2. The minimum absolute atomic E-state index is 0.0653. The third kappa shape index (κ3) is 3.33. The Kier molecular flexibility index (Phi) is 6.14. The van der Waals surface area contributed by atoms with Gasteiger partial charge in [-0.2, -0.15) is 0 Å². The van der Waals surface area contributed by atoms with Crippen molar-refractivity contribution >= 4 is 45.5 Å². The summed E-state index contributed by atoms with van der Waals surface area (Å²) in [5, 5.41) is 0. The smallest absolute Gasteiger partial charge is 0.334 e. The van der Waals surface area contributed by atoms with Gasteiger partial charge >= 0.3 is 5.97 Å². The van der Waals surface area contributed by atoms with Gasteiger partial charge in [-0.3, -0.25) is 29.0 Å². The molecule has 2 aromatic carbocycles. The molecule has 3 unspecified atom stereocenters. The fourth-order valence-corrected chi connectivity index (χ4v) is 8.81. The summed E-state index contributed by atoms with van der Waals surface area (Å²) in [6.07, 6.45) is 0. The highest BCUT2D eigenvalue weighted by molar-refractivity contribution is 9.10. The molecule has 0 spiro atoms. The van der Waals surface area contributed by atoms with E-state index >= 15 is 0 Å². The van der Waals surface area contributed by atoms with Crippen LogP contribution in [0.15, 0.2) is 71.8 Å². The number of ether oxygens (including phenoxy) is 1. The predicted octanol–water partition coefficient (Wildman–Crippen LogP) is 3.64. The Balaban J connectivity index is 1.51. The number of nitrogens with zero attached hydrogens (tertiary/aromatic N) is 2. The lowest BCUT2D eigenvalue weighted by Crippen LogP contribution is -2.67. The van der Waals surface area contributed by atoms with E-state index in [-0.39, 0.29) is 25.3 Å². The SMILES string of the molecule is CCOC(=O)C1=C(C)C2(Br)[C@@H]3C(=O)N(Cc4ccccc4)C(=O)C3C1(C)[C@H]1C(=O)N(Cc3ccccc3)C(=O)[C@@H]12. The number of imide groups is 2. The second kappa shape index (κ2) is 9.23. The van der Waals surface area contributed by atoms with Gasteiger partial charge in [-0.05, 0) is 30.5 Å². The van der Waals surface area contributed by atoms with Crippen LogP contribution in [0.1, 0.15) is 31.9 Å². The van der Waals surface area contributed by atoms with E-state index in [2.05, 4.69) is 15.9 Å². The van der Waals surface area contributed by atoms with Crippen molar-refractivity contribution in [2.75, 3.05) is 6.61 Å². The summed E-state index contributed by atoms with van der Waals surface area (Å²) >= 11 is 3.79. The van der Waals surface area contributed by atoms with Crippen molar-refractivity contribution in [3.63, 3.8) is 0 Å². The van der Waals surface area contributed by atoms with Crippen molar-refractivity contribution in [1.29, 1.82) is 0 Å². The quantitative estimate of drug-likeness (QED) is 0.283. The van der Waals surface area contributed by atoms with Gasteiger partial charge in [0.05, 0.1) is 47.7 Å². The van der Waals surface area contributed by atoms with Crippen molar-refractivity contribution in [2.45, 2.75) is 38.2 Å². The van der Waals surface area contributed by atoms with Gasteiger partial charge in [-0.1, -0.05) is 83.5 Å². The van der Waals surface area contributed by atoms with E-state index in [1.165, 1.54) is 9.80 Å². The van der Waals surface area contributed by atoms with Crippen molar-refractivity contribution in [3.8, 4) is 0 Å². The van der Waals surface area contributed by atoms with Crippen LogP contribution in [-0.4, -0.2) is 50.3 Å². The van der Waals surface area contributed by atoms with Crippen LogP contribution in [0.2, 0.25) is 0 Å². The van der Waals surface area contributed by atoms with Gasteiger partial charge < -0.3 is 4.74 Å². The molecule has 0 radical (unpaired) electrons. The van der Waals surface area contributed by atoms with Crippen LogP contribution in [-0.2, 0) is 41.8 Å². The Bertz CT molecular complexity index is 1400. The van der Waals surface area contributed by atoms with E-state index in [0.29, 0.717) is 5.57 Å². The number of alkyl halides is 1. The van der Waals surface area contributed by atoms with Crippen LogP contribution < -0.4 is 0 Å². The molecular weight excluding hydrogens is 576 g/mol. The Morgan fingerprint density at radius 3 is 1.57 bits per heavy atom. The van der Waals surface area contributed by atoms with Gasteiger partial charge in [0.2, 0.25) is 23.6 Å². The molecule has 206 valence electrons. The molecule has 1 saturated carbocycles. The summed E-state index contributed by atoms with van der Waals surface area (Å²) in [4.78, 5) is 72.5. The van der Waals surface area contributed by atoms with Crippen LogP contribution in [0.3, 0.4) is 0 Å². The standard InChI is InChI=1S/C31H29BrN2O6/c1-4-40-29(39)20-17(2)31(32)23-21(25(35)33(27(23)37)15-18-11-7-5-8-12-18)30(20,3)22-24(31)28(38)34(26(22)36)16-19-13-9-6-10-14-19/h5-14,21-24H,4,15-16H2,1-3H3/t21-,22?,23-,24+,30?,31?/m1/s1. The number of halogens is 1. The van der Waals surface area contributed by atoms with Crippen LogP contribution in [0, 0.1) is 29.1 Å². The molecule has 2 bridgehead atoms. The van der Waals surface area contributed by atoms with Crippen LogP contribution in [0.5, 0.6) is 0 Å². The van der Waals surface area contributed by atoms with Crippen LogP contribution in [0.4, 0.5) is 0 Å². The number of carbonyl (C=O) groups is 5. The third-order valence-electron chi connectivity index (χ3n) is 9.33. The first-order valence-electron chi connectivity index (χ1n) is 13.4. The van der Waals surface area contributed by atoms with Crippen molar-refractivity contribution in [2.24, 2.45) is 29.1 Å². The number of rotatable bonds is 6. The summed E-state index contributed by atoms with van der Waals surface area (Å²) < 4.78 is 4.04. The molecule has 9 heteroatoms. The number of hydrogen-bond acceptors (Lipinski definition) is 6. The number of allylic oxidation sites excluding steroid dienone is 1. The lowest BCUT2D eigenvalue weighted by atomic mass is 9.43. The normalized spacial score (nSPS) is 32.6. The van der Waals surface area contributed by atoms with E-state index < -0.39 is 63.0 Å². The molecule has 5 aliphatic rings. The summed E-state index contributed by atoms with van der Waals surface area (Å²) in [5.41, 5.74) is 0.819. The number of carbonyl (C=O) groups excluding carboxylic acids is 5. The molecule has 2 aliphatic heterocycles.